The third-order valence-electron chi connectivity index (χ3n) is 6.24. The first-order chi connectivity index (χ1) is 16.1. The summed E-state index contributed by atoms with van der Waals surface area (Å²) >= 11 is 6.07. The summed E-state index contributed by atoms with van der Waals surface area (Å²) in [6.45, 7) is 4.87. The number of urea groups is 1. The van der Waals surface area contributed by atoms with Crippen LogP contribution in [0.4, 0.5) is 16.3 Å². The molecule has 5 rings (SSSR count). The second-order valence-corrected chi connectivity index (χ2v) is 9.00. The van der Waals surface area contributed by atoms with Gasteiger partial charge in [0.15, 0.2) is 5.82 Å². The second kappa shape index (κ2) is 9.37. The molecular weight excluding hydrogens is 436 g/mol. The Morgan fingerprint density at radius 3 is 2.52 bits per heavy atom. The van der Waals surface area contributed by atoms with Crippen molar-refractivity contribution in [3.63, 3.8) is 0 Å². The quantitative estimate of drug-likeness (QED) is 0.633. The van der Waals surface area contributed by atoms with Crippen LogP contribution in [0.3, 0.4) is 0 Å². The van der Waals surface area contributed by atoms with Gasteiger partial charge in [0, 0.05) is 61.0 Å². The number of nitrogens with zero attached hydrogens (tertiary/aromatic N) is 5. The summed E-state index contributed by atoms with van der Waals surface area (Å²) in [7, 11) is 2.14. The first-order valence-corrected chi connectivity index (χ1v) is 11.6. The molecule has 1 aromatic heterocycles. The van der Waals surface area contributed by atoms with E-state index in [9.17, 15) is 4.79 Å². The number of rotatable bonds is 3. The minimum absolute atomic E-state index is 0.139. The monoisotopic (exact) mass is 462 g/mol. The molecule has 0 atom stereocenters. The van der Waals surface area contributed by atoms with E-state index < -0.39 is 0 Å². The Balaban J connectivity index is 1.45. The standard InChI is InChI=1S/C25H27ClN6O/c1-30-12-14-31(15-13-30)24-21-17-32(25(33)27-20-9-5-8-19(26)16-20)11-10-22(21)28-23(29-24)18-6-3-2-4-7-18/h2-9,16H,10-15,17H2,1H3,(H,27,33). The fourth-order valence-electron chi connectivity index (χ4n) is 4.33. The van der Waals surface area contributed by atoms with Gasteiger partial charge in [-0.2, -0.15) is 0 Å². The molecule has 0 aliphatic carbocycles. The maximum atomic E-state index is 13.0. The van der Waals surface area contributed by atoms with Gasteiger partial charge in [0.2, 0.25) is 0 Å². The SMILES string of the molecule is CN1CCN(c2nc(-c3ccccc3)nc3c2CN(C(=O)Nc2cccc(Cl)c2)CC3)CC1. The molecule has 3 heterocycles. The van der Waals surface area contributed by atoms with Crippen LogP contribution in [0.5, 0.6) is 0 Å². The predicted molar refractivity (Wildman–Crippen MR) is 132 cm³/mol. The lowest BCUT2D eigenvalue weighted by Gasteiger charge is -2.37. The maximum absolute atomic E-state index is 13.0. The molecule has 0 saturated carbocycles. The number of hydrogen-bond donors (Lipinski definition) is 1. The van der Waals surface area contributed by atoms with E-state index in [0.717, 1.165) is 54.6 Å². The molecule has 2 aliphatic heterocycles. The van der Waals surface area contributed by atoms with Crippen molar-refractivity contribution < 1.29 is 4.79 Å². The van der Waals surface area contributed by atoms with Crippen molar-refractivity contribution >= 4 is 29.1 Å². The first kappa shape index (κ1) is 21.7. The number of fused-ring (bicyclic) bond motifs is 1. The number of aromatic nitrogens is 2. The van der Waals surface area contributed by atoms with Crippen molar-refractivity contribution in [2.75, 3.05) is 50.0 Å². The van der Waals surface area contributed by atoms with Gasteiger partial charge >= 0.3 is 6.03 Å². The summed E-state index contributed by atoms with van der Waals surface area (Å²) in [4.78, 5) is 29.4. The van der Waals surface area contributed by atoms with Gasteiger partial charge in [0.1, 0.15) is 5.82 Å². The van der Waals surface area contributed by atoms with Crippen LogP contribution in [0.2, 0.25) is 5.02 Å². The Morgan fingerprint density at radius 2 is 1.76 bits per heavy atom. The molecule has 2 aromatic carbocycles. The number of benzene rings is 2. The highest BCUT2D eigenvalue weighted by molar-refractivity contribution is 6.30. The minimum atomic E-state index is -0.139. The zero-order chi connectivity index (χ0) is 22.8. The van der Waals surface area contributed by atoms with Gasteiger partial charge in [-0.05, 0) is 25.2 Å². The maximum Gasteiger partial charge on any atom is 0.322 e. The number of carbonyl (C=O) groups excluding carboxylic acids is 1. The number of hydrogen-bond acceptors (Lipinski definition) is 5. The van der Waals surface area contributed by atoms with Gasteiger partial charge in [0.25, 0.3) is 0 Å². The Bertz CT molecular complexity index is 1150. The lowest BCUT2D eigenvalue weighted by Crippen LogP contribution is -2.46. The van der Waals surface area contributed by atoms with Crippen LogP contribution in [0, 0.1) is 0 Å². The third-order valence-corrected chi connectivity index (χ3v) is 6.47. The summed E-state index contributed by atoms with van der Waals surface area (Å²) < 4.78 is 0. The smallest absolute Gasteiger partial charge is 0.322 e. The van der Waals surface area contributed by atoms with Crippen LogP contribution in [0.25, 0.3) is 11.4 Å². The van der Waals surface area contributed by atoms with Crippen LogP contribution in [-0.2, 0) is 13.0 Å². The molecule has 1 saturated heterocycles. The molecule has 170 valence electrons. The van der Waals surface area contributed by atoms with Crippen LogP contribution in [-0.4, -0.2) is 65.6 Å². The number of nitrogens with one attached hydrogen (secondary N) is 1. The number of carbonyl (C=O) groups is 1. The summed E-state index contributed by atoms with van der Waals surface area (Å²) in [6, 6.07) is 17.2. The molecule has 3 aromatic rings. The van der Waals surface area contributed by atoms with Gasteiger partial charge in [-0.3, -0.25) is 0 Å². The number of likely N-dealkylation sites (N-methyl/N-ethyl adjacent to an activating group) is 1. The van der Waals surface area contributed by atoms with Gasteiger partial charge in [-0.1, -0.05) is 48.0 Å². The number of amides is 2. The van der Waals surface area contributed by atoms with E-state index in [-0.39, 0.29) is 6.03 Å². The van der Waals surface area contributed by atoms with E-state index in [2.05, 4.69) is 22.2 Å². The van der Waals surface area contributed by atoms with Crippen molar-refractivity contribution in [1.82, 2.24) is 19.8 Å². The van der Waals surface area contributed by atoms with E-state index in [0.29, 0.717) is 30.2 Å². The number of piperazine rings is 1. The van der Waals surface area contributed by atoms with E-state index in [1.165, 1.54) is 0 Å². The Morgan fingerprint density at radius 1 is 0.970 bits per heavy atom. The molecule has 0 spiro atoms. The minimum Gasteiger partial charge on any atom is -0.354 e. The van der Waals surface area contributed by atoms with Crippen molar-refractivity contribution in [1.29, 1.82) is 0 Å². The molecule has 2 aliphatic rings. The highest BCUT2D eigenvalue weighted by Gasteiger charge is 2.29. The van der Waals surface area contributed by atoms with Crippen molar-refractivity contribution in [2.24, 2.45) is 0 Å². The van der Waals surface area contributed by atoms with Gasteiger partial charge in [0.05, 0.1) is 12.2 Å². The highest BCUT2D eigenvalue weighted by Crippen LogP contribution is 2.30. The van der Waals surface area contributed by atoms with Crippen molar-refractivity contribution in [2.45, 2.75) is 13.0 Å². The van der Waals surface area contributed by atoms with E-state index in [4.69, 9.17) is 21.6 Å². The second-order valence-electron chi connectivity index (χ2n) is 8.56. The number of halogens is 1. The topological polar surface area (TPSA) is 64.6 Å². The molecule has 0 radical (unpaired) electrons. The van der Waals surface area contributed by atoms with E-state index in [1.807, 2.05) is 47.4 Å². The van der Waals surface area contributed by atoms with Crippen LogP contribution < -0.4 is 10.2 Å². The largest absolute Gasteiger partial charge is 0.354 e. The third kappa shape index (κ3) is 4.79. The zero-order valence-corrected chi connectivity index (χ0v) is 19.4. The summed E-state index contributed by atoms with van der Waals surface area (Å²) in [5.41, 5.74) is 3.78. The van der Waals surface area contributed by atoms with E-state index >= 15 is 0 Å². The van der Waals surface area contributed by atoms with Crippen LogP contribution >= 0.6 is 11.6 Å². The molecule has 8 heteroatoms. The van der Waals surface area contributed by atoms with Crippen LogP contribution in [0.1, 0.15) is 11.3 Å². The average Bonchev–Trinajstić information content (AvgIpc) is 2.84. The summed E-state index contributed by atoms with van der Waals surface area (Å²) in [6.07, 6.45) is 0.696. The molecule has 1 fully saturated rings. The van der Waals surface area contributed by atoms with Crippen molar-refractivity contribution in [3.8, 4) is 11.4 Å². The molecule has 1 N–H and O–H groups in total. The van der Waals surface area contributed by atoms with E-state index in [1.54, 1.807) is 12.1 Å². The Labute approximate surface area is 199 Å². The predicted octanol–water partition coefficient (Wildman–Crippen LogP) is 4.14. The highest BCUT2D eigenvalue weighted by atomic mass is 35.5. The fourth-order valence-corrected chi connectivity index (χ4v) is 4.53. The van der Waals surface area contributed by atoms with Gasteiger partial charge in [-0.15, -0.1) is 0 Å². The van der Waals surface area contributed by atoms with Gasteiger partial charge < -0.3 is 20.0 Å². The van der Waals surface area contributed by atoms with Crippen LogP contribution in [0.15, 0.2) is 54.6 Å². The first-order valence-electron chi connectivity index (χ1n) is 11.3. The average molecular weight is 463 g/mol. The molecule has 33 heavy (non-hydrogen) atoms. The lowest BCUT2D eigenvalue weighted by atomic mass is 10.0. The molecule has 0 unspecified atom stereocenters. The normalized spacial score (nSPS) is 16.4. The zero-order valence-electron chi connectivity index (χ0n) is 18.7. The number of anilines is 2. The molecule has 2 amide bonds. The molecule has 0 bridgehead atoms. The Hall–Kier alpha value is -3.16. The van der Waals surface area contributed by atoms with Gasteiger partial charge in [-0.25, -0.2) is 14.8 Å². The fraction of sp³-hybridized carbons (Fsp3) is 0.320. The summed E-state index contributed by atoms with van der Waals surface area (Å²) in [5.74, 6) is 1.70. The lowest BCUT2D eigenvalue weighted by molar-refractivity contribution is 0.206. The molecule has 7 nitrogen and oxygen atoms in total. The van der Waals surface area contributed by atoms with Crippen molar-refractivity contribution in [3.05, 3.63) is 70.9 Å². The Kier molecular flexibility index (Phi) is 6.15. The summed E-state index contributed by atoms with van der Waals surface area (Å²) in [5, 5.41) is 3.56. The molecular formula is C25H27ClN6O.